The van der Waals surface area contributed by atoms with Crippen molar-refractivity contribution < 1.29 is 14.6 Å². The minimum Gasteiger partial charge on any atom is -0.504 e. The first-order valence-electron chi connectivity index (χ1n) is 5.75. The van der Waals surface area contributed by atoms with Crippen LogP contribution in [0, 0.1) is 5.92 Å². The van der Waals surface area contributed by atoms with Crippen LogP contribution < -0.4 is 4.74 Å². The SMILES string of the molecule is CN(C)C(=O)c1ccc(OCC2CC2)c(O)c1. The van der Waals surface area contributed by atoms with Crippen LogP contribution in [0.2, 0.25) is 0 Å². The van der Waals surface area contributed by atoms with Gasteiger partial charge in [0.25, 0.3) is 5.91 Å². The number of hydrogen-bond acceptors (Lipinski definition) is 3. The van der Waals surface area contributed by atoms with Gasteiger partial charge in [0.2, 0.25) is 0 Å². The van der Waals surface area contributed by atoms with Crippen LogP contribution in [0.25, 0.3) is 0 Å². The Kier molecular flexibility index (Phi) is 3.22. The standard InChI is InChI=1S/C13H17NO3/c1-14(2)13(16)10-5-6-12(11(15)7-10)17-8-9-3-4-9/h5-7,9,15H,3-4,8H2,1-2H3. The Labute approximate surface area is 101 Å². The van der Waals surface area contributed by atoms with Gasteiger partial charge in [0.15, 0.2) is 11.5 Å². The lowest BCUT2D eigenvalue weighted by atomic mass is 10.2. The predicted octanol–water partition coefficient (Wildman–Crippen LogP) is 1.88. The van der Waals surface area contributed by atoms with Crippen LogP contribution >= 0.6 is 0 Å². The van der Waals surface area contributed by atoms with E-state index in [1.807, 2.05) is 0 Å². The number of amides is 1. The molecule has 1 aliphatic carbocycles. The van der Waals surface area contributed by atoms with Crippen molar-refractivity contribution in [1.29, 1.82) is 0 Å². The Morgan fingerprint density at radius 2 is 2.18 bits per heavy atom. The van der Waals surface area contributed by atoms with E-state index in [1.54, 1.807) is 26.2 Å². The highest BCUT2D eigenvalue weighted by Gasteiger charge is 2.22. The second-order valence-corrected chi connectivity index (χ2v) is 4.64. The zero-order valence-electron chi connectivity index (χ0n) is 10.1. The van der Waals surface area contributed by atoms with E-state index >= 15 is 0 Å². The lowest BCUT2D eigenvalue weighted by Gasteiger charge is -2.12. The van der Waals surface area contributed by atoms with Crippen molar-refractivity contribution in [3.05, 3.63) is 23.8 Å². The zero-order chi connectivity index (χ0) is 12.4. The maximum Gasteiger partial charge on any atom is 0.253 e. The van der Waals surface area contributed by atoms with Crippen molar-refractivity contribution in [3.63, 3.8) is 0 Å². The highest BCUT2D eigenvalue weighted by molar-refractivity contribution is 5.94. The first-order valence-corrected chi connectivity index (χ1v) is 5.75. The molecule has 2 rings (SSSR count). The van der Waals surface area contributed by atoms with E-state index in [9.17, 15) is 9.90 Å². The summed E-state index contributed by atoms with van der Waals surface area (Å²) >= 11 is 0. The highest BCUT2D eigenvalue weighted by Crippen LogP contribution is 2.32. The molecule has 4 nitrogen and oxygen atoms in total. The maximum atomic E-state index is 11.7. The van der Waals surface area contributed by atoms with Crippen LogP contribution in [0.1, 0.15) is 23.2 Å². The first-order chi connectivity index (χ1) is 8.08. The molecule has 0 bridgehead atoms. The van der Waals surface area contributed by atoms with Gasteiger partial charge in [-0.1, -0.05) is 0 Å². The second-order valence-electron chi connectivity index (χ2n) is 4.64. The molecule has 1 N–H and O–H groups in total. The molecule has 0 atom stereocenters. The van der Waals surface area contributed by atoms with Gasteiger partial charge in [0.05, 0.1) is 6.61 Å². The molecule has 0 saturated heterocycles. The van der Waals surface area contributed by atoms with E-state index in [2.05, 4.69) is 0 Å². The Morgan fingerprint density at radius 1 is 1.47 bits per heavy atom. The van der Waals surface area contributed by atoms with Crippen molar-refractivity contribution >= 4 is 5.91 Å². The van der Waals surface area contributed by atoms with E-state index < -0.39 is 0 Å². The molecule has 1 aromatic carbocycles. The summed E-state index contributed by atoms with van der Waals surface area (Å²) < 4.78 is 5.48. The third-order valence-corrected chi connectivity index (χ3v) is 2.78. The summed E-state index contributed by atoms with van der Waals surface area (Å²) in [5.41, 5.74) is 0.464. The van der Waals surface area contributed by atoms with Gasteiger partial charge in [0.1, 0.15) is 0 Å². The number of carbonyl (C=O) groups is 1. The number of benzene rings is 1. The van der Waals surface area contributed by atoms with Crippen LogP contribution in [0.3, 0.4) is 0 Å². The monoisotopic (exact) mass is 235 g/mol. The molecule has 17 heavy (non-hydrogen) atoms. The number of phenolic OH excluding ortho intramolecular Hbond substituents is 1. The quantitative estimate of drug-likeness (QED) is 0.867. The summed E-state index contributed by atoms with van der Waals surface area (Å²) in [5.74, 6) is 0.983. The highest BCUT2D eigenvalue weighted by atomic mass is 16.5. The van der Waals surface area contributed by atoms with Gasteiger partial charge in [-0.05, 0) is 37.0 Å². The largest absolute Gasteiger partial charge is 0.504 e. The average molecular weight is 235 g/mol. The summed E-state index contributed by atoms with van der Waals surface area (Å²) in [7, 11) is 3.35. The predicted molar refractivity (Wildman–Crippen MR) is 64.3 cm³/mol. The molecule has 1 aromatic rings. The van der Waals surface area contributed by atoms with Gasteiger partial charge >= 0.3 is 0 Å². The van der Waals surface area contributed by atoms with E-state index in [0.717, 1.165) is 0 Å². The lowest BCUT2D eigenvalue weighted by molar-refractivity contribution is 0.0827. The van der Waals surface area contributed by atoms with Gasteiger partial charge < -0.3 is 14.7 Å². The molecule has 0 heterocycles. The molecule has 0 aromatic heterocycles. The minimum absolute atomic E-state index is 0.0263. The fourth-order valence-electron chi connectivity index (χ4n) is 1.52. The van der Waals surface area contributed by atoms with Gasteiger partial charge in [-0.25, -0.2) is 0 Å². The molecular formula is C13H17NO3. The molecule has 1 aliphatic rings. The fraction of sp³-hybridized carbons (Fsp3) is 0.462. The van der Waals surface area contributed by atoms with Crippen LogP contribution in [0.15, 0.2) is 18.2 Å². The topological polar surface area (TPSA) is 49.8 Å². The summed E-state index contributed by atoms with van der Waals surface area (Å²) in [6.45, 7) is 0.647. The molecule has 1 saturated carbocycles. The third-order valence-electron chi connectivity index (χ3n) is 2.78. The lowest BCUT2D eigenvalue weighted by Crippen LogP contribution is -2.21. The summed E-state index contributed by atoms with van der Waals surface area (Å²) in [6.07, 6.45) is 2.41. The normalized spacial score (nSPS) is 14.5. The van der Waals surface area contributed by atoms with Crippen molar-refractivity contribution in [3.8, 4) is 11.5 Å². The van der Waals surface area contributed by atoms with Crippen LogP contribution in [-0.4, -0.2) is 36.6 Å². The van der Waals surface area contributed by atoms with Crippen molar-refractivity contribution in [1.82, 2.24) is 4.90 Å². The van der Waals surface area contributed by atoms with Crippen molar-refractivity contribution in [2.24, 2.45) is 5.92 Å². The second kappa shape index (κ2) is 4.65. The van der Waals surface area contributed by atoms with Gasteiger partial charge in [-0.3, -0.25) is 4.79 Å². The summed E-state index contributed by atoms with van der Waals surface area (Å²) in [5, 5.41) is 9.76. The fourth-order valence-corrected chi connectivity index (χ4v) is 1.52. The van der Waals surface area contributed by atoms with Crippen LogP contribution in [0.5, 0.6) is 11.5 Å². The molecule has 4 heteroatoms. The van der Waals surface area contributed by atoms with Crippen molar-refractivity contribution in [2.75, 3.05) is 20.7 Å². The molecule has 0 radical (unpaired) electrons. The molecule has 0 aliphatic heterocycles. The smallest absolute Gasteiger partial charge is 0.253 e. The zero-order valence-corrected chi connectivity index (χ0v) is 10.1. The molecule has 1 amide bonds. The average Bonchev–Trinajstić information content (AvgIpc) is 3.10. The van der Waals surface area contributed by atoms with E-state index in [0.29, 0.717) is 23.8 Å². The molecular weight excluding hydrogens is 218 g/mol. The number of phenols is 1. The Bertz CT molecular complexity index is 425. The van der Waals surface area contributed by atoms with Gasteiger partial charge in [0, 0.05) is 19.7 Å². The number of aromatic hydroxyl groups is 1. The van der Waals surface area contributed by atoms with E-state index in [-0.39, 0.29) is 11.7 Å². The Hall–Kier alpha value is -1.71. The number of ether oxygens (including phenoxy) is 1. The van der Waals surface area contributed by atoms with Gasteiger partial charge in [-0.15, -0.1) is 0 Å². The Morgan fingerprint density at radius 3 is 2.71 bits per heavy atom. The minimum atomic E-state index is -0.131. The Balaban J connectivity index is 2.07. The van der Waals surface area contributed by atoms with Gasteiger partial charge in [-0.2, -0.15) is 0 Å². The summed E-state index contributed by atoms with van der Waals surface area (Å²) in [6, 6.07) is 4.77. The number of carbonyl (C=O) groups excluding carboxylic acids is 1. The molecule has 0 spiro atoms. The van der Waals surface area contributed by atoms with Crippen molar-refractivity contribution in [2.45, 2.75) is 12.8 Å². The van der Waals surface area contributed by atoms with E-state index in [1.165, 1.54) is 23.8 Å². The van der Waals surface area contributed by atoms with E-state index in [4.69, 9.17) is 4.74 Å². The number of hydrogen-bond donors (Lipinski definition) is 1. The van der Waals surface area contributed by atoms with Crippen LogP contribution in [0.4, 0.5) is 0 Å². The number of rotatable bonds is 4. The molecule has 1 fully saturated rings. The molecule has 0 unspecified atom stereocenters. The third kappa shape index (κ3) is 2.90. The summed E-state index contributed by atoms with van der Waals surface area (Å²) in [4.78, 5) is 13.1. The number of nitrogens with zero attached hydrogens (tertiary/aromatic N) is 1. The van der Waals surface area contributed by atoms with Crippen LogP contribution in [-0.2, 0) is 0 Å². The molecule has 92 valence electrons. The first kappa shape index (κ1) is 11.8. The maximum absolute atomic E-state index is 11.7.